The molecule has 0 aliphatic heterocycles. The lowest BCUT2D eigenvalue weighted by Gasteiger charge is -2.15. The van der Waals surface area contributed by atoms with Gasteiger partial charge in [-0.05, 0) is 36.1 Å². The van der Waals surface area contributed by atoms with Crippen LogP contribution in [0.25, 0.3) is 0 Å². The number of hydrogen-bond acceptors (Lipinski definition) is 1. The molecule has 0 aliphatic carbocycles. The molecular weight excluding hydrogens is 248 g/mol. The summed E-state index contributed by atoms with van der Waals surface area (Å²) < 4.78 is 53.5. The molecule has 1 nitrogen and oxygen atoms in total. The van der Waals surface area contributed by atoms with Gasteiger partial charge < -0.3 is 4.74 Å². The second-order valence-corrected chi connectivity index (χ2v) is 4.27. The van der Waals surface area contributed by atoms with E-state index in [1.54, 1.807) is 6.92 Å². The molecule has 1 aromatic carbocycles. The smallest absolute Gasteiger partial charge is 0.406 e. The number of rotatable bonds is 5. The van der Waals surface area contributed by atoms with E-state index in [1.165, 1.54) is 0 Å². The maximum atomic E-state index is 13.5. The summed E-state index contributed by atoms with van der Waals surface area (Å²) in [6, 6.07) is 3.13. The molecule has 0 radical (unpaired) electrons. The van der Waals surface area contributed by atoms with Gasteiger partial charge in [0.1, 0.15) is 11.6 Å². The molecule has 0 spiro atoms. The highest BCUT2D eigenvalue weighted by Crippen LogP contribution is 2.30. The van der Waals surface area contributed by atoms with Gasteiger partial charge in [0.05, 0.1) is 0 Å². The molecule has 102 valence electrons. The molecule has 0 saturated heterocycles. The Kier molecular flexibility index (Phi) is 4.99. The number of hydrogen-bond donors (Lipinski definition) is 0. The van der Waals surface area contributed by atoms with Gasteiger partial charge >= 0.3 is 6.36 Å². The van der Waals surface area contributed by atoms with E-state index in [9.17, 15) is 17.6 Å². The van der Waals surface area contributed by atoms with Gasteiger partial charge in [-0.3, -0.25) is 0 Å². The minimum absolute atomic E-state index is 0.123. The van der Waals surface area contributed by atoms with Gasteiger partial charge in [-0.15, -0.1) is 13.2 Å². The van der Waals surface area contributed by atoms with E-state index in [2.05, 4.69) is 4.74 Å². The maximum absolute atomic E-state index is 13.5. The van der Waals surface area contributed by atoms with Gasteiger partial charge in [-0.25, -0.2) is 4.39 Å². The van der Waals surface area contributed by atoms with E-state index in [4.69, 9.17) is 0 Å². The van der Waals surface area contributed by atoms with Gasteiger partial charge in [0.15, 0.2) is 0 Å². The fraction of sp³-hybridized carbons (Fsp3) is 0.538. The molecule has 0 heterocycles. The molecule has 0 aliphatic rings. The number of ether oxygens (including phenoxy) is 1. The van der Waals surface area contributed by atoms with E-state index < -0.39 is 12.2 Å². The molecule has 0 saturated carbocycles. The predicted octanol–water partition coefficient (Wildman–Crippen LogP) is 5.02. The van der Waals surface area contributed by atoms with Crippen LogP contribution >= 0.6 is 0 Å². The first-order valence-electron chi connectivity index (χ1n) is 5.88. The molecule has 5 heteroatoms. The lowest BCUT2D eigenvalue weighted by molar-refractivity contribution is -0.274. The van der Waals surface area contributed by atoms with Crippen molar-refractivity contribution in [3.63, 3.8) is 0 Å². The summed E-state index contributed by atoms with van der Waals surface area (Å²) in [5.74, 6) is -0.989. The summed E-state index contributed by atoms with van der Waals surface area (Å²) >= 11 is 0. The molecule has 0 aromatic heterocycles. The third-order valence-corrected chi connectivity index (χ3v) is 2.72. The van der Waals surface area contributed by atoms with Crippen molar-refractivity contribution in [3.8, 4) is 5.75 Å². The molecule has 1 aromatic rings. The predicted molar refractivity (Wildman–Crippen MR) is 61.0 cm³/mol. The minimum atomic E-state index is -4.75. The molecule has 1 atom stereocenters. The molecule has 0 unspecified atom stereocenters. The first-order chi connectivity index (χ1) is 8.33. The first-order valence-corrected chi connectivity index (χ1v) is 5.88. The lowest BCUT2D eigenvalue weighted by Crippen LogP contribution is -2.17. The van der Waals surface area contributed by atoms with Gasteiger partial charge in [-0.1, -0.05) is 26.7 Å². The summed E-state index contributed by atoms with van der Waals surface area (Å²) in [7, 11) is 0. The normalized spacial score (nSPS) is 13.4. The monoisotopic (exact) mass is 264 g/mol. The number of halogens is 4. The second kappa shape index (κ2) is 6.07. The fourth-order valence-electron chi connectivity index (χ4n) is 1.76. The van der Waals surface area contributed by atoms with E-state index in [0.717, 1.165) is 37.5 Å². The first kappa shape index (κ1) is 14.8. The van der Waals surface area contributed by atoms with Gasteiger partial charge in [0, 0.05) is 0 Å². The van der Waals surface area contributed by atoms with Crippen LogP contribution in [0.4, 0.5) is 17.6 Å². The molecule has 1 rings (SSSR count). The van der Waals surface area contributed by atoms with E-state index in [0.29, 0.717) is 0 Å². The topological polar surface area (TPSA) is 9.23 Å². The summed E-state index contributed by atoms with van der Waals surface area (Å²) in [6.45, 7) is 3.80. The zero-order valence-corrected chi connectivity index (χ0v) is 10.4. The summed E-state index contributed by atoms with van der Waals surface area (Å²) in [5, 5.41) is 0. The molecular formula is C13H16F4O. The summed E-state index contributed by atoms with van der Waals surface area (Å²) in [4.78, 5) is 0. The van der Waals surface area contributed by atoms with Crippen molar-refractivity contribution in [2.24, 2.45) is 0 Å². The highest BCUT2D eigenvalue weighted by molar-refractivity contribution is 5.32. The molecule has 0 amide bonds. The average Bonchev–Trinajstić information content (AvgIpc) is 2.26. The van der Waals surface area contributed by atoms with E-state index in [1.807, 2.05) is 6.92 Å². The van der Waals surface area contributed by atoms with Crippen molar-refractivity contribution in [1.29, 1.82) is 0 Å². The molecule has 0 fully saturated rings. The summed E-state index contributed by atoms with van der Waals surface area (Å²) in [6.07, 6.45) is -2.14. The highest BCUT2D eigenvalue weighted by Gasteiger charge is 2.31. The Bertz CT molecular complexity index is 387. The van der Waals surface area contributed by atoms with Crippen LogP contribution in [0, 0.1) is 5.82 Å². The zero-order valence-electron chi connectivity index (χ0n) is 10.4. The largest absolute Gasteiger partial charge is 0.573 e. The fourth-order valence-corrected chi connectivity index (χ4v) is 1.76. The Labute approximate surface area is 104 Å². The SMILES string of the molecule is CCCC[C@@H](C)c1cc(OC(F)(F)F)ccc1F. The van der Waals surface area contributed by atoms with Crippen LogP contribution in [-0.4, -0.2) is 6.36 Å². The van der Waals surface area contributed by atoms with Crippen LogP contribution in [-0.2, 0) is 0 Å². The molecule has 0 N–H and O–H groups in total. The average molecular weight is 264 g/mol. The summed E-state index contributed by atoms with van der Waals surface area (Å²) in [5.41, 5.74) is 0.269. The maximum Gasteiger partial charge on any atom is 0.573 e. The van der Waals surface area contributed by atoms with Crippen molar-refractivity contribution < 1.29 is 22.3 Å². The van der Waals surface area contributed by atoms with Gasteiger partial charge in [-0.2, -0.15) is 0 Å². The van der Waals surface area contributed by atoms with Crippen LogP contribution in [0.2, 0.25) is 0 Å². The highest BCUT2D eigenvalue weighted by atomic mass is 19.4. The van der Waals surface area contributed by atoms with Crippen LogP contribution in [0.1, 0.15) is 44.6 Å². The Morgan fingerprint density at radius 1 is 1.28 bits per heavy atom. The van der Waals surface area contributed by atoms with E-state index >= 15 is 0 Å². The third kappa shape index (κ3) is 4.55. The van der Waals surface area contributed by atoms with Crippen LogP contribution in [0.15, 0.2) is 18.2 Å². The third-order valence-electron chi connectivity index (χ3n) is 2.72. The quantitative estimate of drug-likeness (QED) is 0.678. The minimum Gasteiger partial charge on any atom is -0.406 e. The van der Waals surface area contributed by atoms with Crippen molar-refractivity contribution in [3.05, 3.63) is 29.6 Å². The zero-order chi connectivity index (χ0) is 13.8. The van der Waals surface area contributed by atoms with Crippen molar-refractivity contribution in [1.82, 2.24) is 0 Å². The standard InChI is InChI=1S/C13H16F4O/c1-3-4-5-9(2)11-8-10(6-7-12(11)14)18-13(15,16)17/h6-9H,3-5H2,1-2H3/t9-/m1/s1. The molecule has 0 bridgehead atoms. The number of benzene rings is 1. The Morgan fingerprint density at radius 2 is 1.94 bits per heavy atom. The van der Waals surface area contributed by atoms with Crippen molar-refractivity contribution in [2.75, 3.05) is 0 Å². The Balaban J connectivity index is 2.87. The molecule has 18 heavy (non-hydrogen) atoms. The van der Waals surface area contributed by atoms with Crippen LogP contribution in [0.5, 0.6) is 5.75 Å². The van der Waals surface area contributed by atoms with Crippen molar-refractivity contribution >= 4 is 0 Å². The van der Waals surface area contributed by atoms with Gasteiger partial charge in [0.2, 0.25) is 0 Å². The van der Waals surface area contributed by atoms with Gasteiger partial charge in [0.25, 0.3) is 0 Å². The Morgan fingerprint density at radius 3 is 2.50 bits per heavy atom. The lowest BCUT2D eigenvalue weighted by atomic mass is 9.95. The van der Waals surface area contributed by atoms with E-state index in [-0.39, 0.29) is 17.2 Å². The van der Waals surface area contributed by atoms with Crippen LogP contribution in [0.3, 0.4) is 0 Å². The number of unbranched alkanes of at least 4 members (excludes halogenated alkanes) is 1. The van der Waals surface area contributed by atoms with Crippen molar-refractivity contribution in [2.45, 2.75) is 45.4 Å². The Hall–Kier alpha value is -1.26. The number of alkyl halides is 3. The van der Waals surface area contributed by atoms with Crippen LogP contribution < -0.4 is 4.74 Å². The second-order valence-electron chi connectivity index (χ2n) is 4.27.